The average Bonchev–Trinajstić information content (AvgIpc) is 2.95. The van der Waals surface area contributed by atoms with Crippen LogP contribution in [0.4, 0.5) is 5.69 Å². The van der Waals surface area contributed by atoms with Crippen molar-refractivity contribution in [1.82, 2.24) is 4.98 Å². The summed E-state index contributed by atoms with van der Waals surface area (Å²) in [4.78, 5) is 29.5. The van der Waals surface area contributed by atoms with Gasteiger partial charge in [-0.3, -0.25) is 9.78 Å². The molecule has 1 heterocycles. The Hall–Kier alpha value is -4.97. The maximum Gasteiger partial charge on any atom is 0.337 e. The zero-order chi connectivity index (χ0) is 25.6. The second-order valence-corrected chi connectivity index (χ2v) is 8.41. The van der Waals surface area contributed by atoms with Gasteiger partial charge in [0.2, 0.25) is 0 Å². The highest BCUT2D eigenvalue weighted by Crippen LogP contribution is 2.26. The standard InChI is InChI=1S/C31H24N2O4/c1-36-31(35)23-13-11-21(12-14-23)18-25(20-37-29-10-4-7-22-6-2-3-9-27(22)29)30(34)33-26-15-16-28-24(19-26)8-5-17-32-28/h2-19H,20H2,1H3,(H,33,34). The zero-order valence-corrected chi connectivity index (χ0v) is 20.2. The Morgan fingerprint density at radius 3 is 2.49 bits per heavy atom. The minimum Gasteiger partial charge on any atom is -0.488 e. The lowest BCUT2D eigenvalue weighted by Crippen LogP contribution is -2.19. The van der Waals surface area contributed by atoms with Gasteiger partial charge in [-0.1, -0.05) is 54.6 Å². The molecular formula is C31H24N2O4. The molecule has 1 N–H and O–H groups in total. The van der Waals surface area contributed by atoms with E-state index in [2.05, 4.69) is 10.3 Å². The molecule has 0 aliphatic carbocycles. The summed E-state index contributed by atoms with van der Waals surface area (Å²) >= 11 is 0. The first-order valence-electron chi connectivity index (χ1n) is 11.8. The minimum atomic E-state index is -0.418. The van der Waals surface area contributed by atoms with Gasteiger partial charge in [-0.05, 0) is 59.5 Å². The number of pyridine rings is 1. The number of amides is 1. The van der Waals surface area contributed by atoms with E-state index in [9.17, 15) is 9.59 Å². The molecule has 0 unspecified atom stereocenters. The Kier molecular flexibility index (Phi) is 6.90. The lowest BCUT2D eigenvalue weighted by Gasteiger charge is -2.13. The Morgan fingerprint density at radius 2 is 1.65 bits per heavy atom. The predicted molar refractivity (Wildman–Crippen MR) is 146 cm³/mol. The SMILES string of the molecule is COC(=O)c1ccc(C=C(COc2cccc3ccccc23)C(=O)Nc2ccc3ncccc3c2)cc1. The van der Waals surface area contributed by atoms with E-state index in [0.717, 1.165) is 27.2 Å². The molecule has 1 amide bonds. The van der Waals surface area contributed by atoms with Crippen molar-refractivity contribution in [1.29, 1.82) is 0 Å². The first-order valence-corrected chi connectivity index (χ1v) is 11.8. The van der Waals surface area contributed by atoms with Crippen molar-refractivity contribution < 1.29 is 19.1 Å². The van der Waals surface area contributed by atoms with Gasteiger partial charge in [0, 0.05) is 22.7 Å². The number of hydrogen-bond acceptors (Lipinski definition) is 5. The Balaban J connectivity index is 1.43. The fraction of sp³-hybridized carbons (Fsp3) is 0.0645. The summed E-state index contributed by atoms with van der Waals surface area (Å²) in [7, 11) is 1.34. The third-order valence-electron chi connectivity index (χ3n) is 5.96. The van der Waals surface area contributed by atoms with Crippen molar-refractivity contribution in [2.24, 2.45) is 0 Å². The summed E-state index contributed by atoms with van der Waals surface area (Å²) in [6, 6.07) is 30.0. The second-order valence-electron chi connectivity index (χ2n) is 8.41. The number of nitrogens with one attached hydrogen (secondary N) is 1. The van der Waals surface area contributed by atoms with E-state index in [-0.39, 0.29) is 12.5 Å². The number of rotatable bonds is 7. The topological polar surface area (TPSA) is 77.5 Å². The molecule has 1 aromatic heterocycles. The molecule has 6 heteroatoms. The highest BCUT2D eigenvalue weighted by molar-refractivity contribution is 6.07. The Bertz CT molecular complexity index is 1620. The summed E-state index contributed by atoms with van der Waals surface area (Å²) in [5, 5.41) is 5.93. The van der Waals surface area contributed by atoms with Gasteiger partial charge in [-0.25, -0.2) is 4.79 Å². The number of hydrogen-bond donors (Lipinski definition) is 1. The molecule has 0 spiro atoms. The Labute approximate surface area is 214 Å². The fourth-order valence-electron chi connectivity index (χ4n) is 4.05. The summed E-state index contributed by atoms with van der Waals surface area (Å²) < 4.78 is 10.9. The number of benzene rings is 4. The monoisotopic (exact) mass is 488 g/mol. The molecule has 6 nitrogen and oxygen atoms in total. The lowest BCUT2D eigenvalue weighted by molar-refractivity contribution is -0.113. The molecule has 0 aliphatic rings. The summed E-state index contributed by atoms with van der Waals surface area (Å²) in [5.41, 5.74) is 3.11. The third kappa shape index (κ3) is 5.49. The summed E-state index contributed by atoms with van der Waals surface area (Å²) in [6.07, 6.45) is 3.49. The number of carbonyl (C=O) groups is 2. The van der Waals surface area contributed by atoms with Crippen LogP contribution in [0.1, 0.15) is 15.9 Å². The van der Waals surface area contributed by atoms with Gasteiger partial charge in [0.15, 0.2) is 0 Å². The van der Waals surface area contributed by atoms with Crippen molar-refractivity contribution in [2.75, 3.05) is 19.0 Å². The molecule has 4 aromatic carbocycles. The van der Waals surface area contributed by atoms with Crippen LogP contribution in [0.5, 0.6) is 5.75 Å². The van der Waals surface area contributed by atoms with E-state index in [1.54, 1.807) is 36.5 Å². The molecule has 0 radical (unpaired) electrons. The van der Waals surface area contributed by atoms with Crippen molar-refractivity contribution in [3.8, 4) is 5.75 Å². The fourth-order valence-corrected chi connectivity index (χ4v) is 4.05. The van der Waals surface area contributed by atoms with E-state index in [0.29, 0.717) is 22.6 Å². The Morgan fingerprint density at radius 1 is 0.865 bits per heavy atom. The van der Waals surface area contributed by atoms with Crippen molar-refractivity contribution in [3.63, 3.8) is 0 Å². The molecule has 0 fully saturated rings. The maximum absolute atomic E-state index is 13.4. The largest absolute Gasteiger partial charge is 0.488 e. The number of anilines is 1. The van der Waals surface area contributed by atoms with Gasteiger partial charge >= 0.3 is 5.97 Å². The minimum absolute atomic E-state index is 0.0493. The number of carbonyl (C=O) groups excluding carboxylic acids is 2. The molecule has 37 heavy (non-hydrogen) atoms. The molecule has 5 rings (SSSR count). The number of fused-ring (bicyclic) bond motifs is 2. The number of esters is 1. The molecule has 0 saturated heterocycles. The highest BCUT2D eigenvalue weighted by atomic mass is 16.5. The van der Waals surface area contributed by atoms with Crippen LogP contribution >= 0.6 is 0 Å². The van der Waals surface area contributed by atoms with Crippen molar-refractivity contribution >= 4 is 45.3 Å². The number of aromatic nitrogens is 1. The van der Waals surface area contributed by atoms with Gasteiger partial charge in [0.05, 0.1) is 23.8 Å². The van der Waals surface area contributed by atoms with Crippen LogP contribution in [-0.2, 0) is 9.53 Å². The quantitative estimate of drug-likeness (QED) is 0.216. The number of methoxy groups -OCH3 is 1. The van der Waals surface area contributed by atoms with Crippen LogP contribution < -0.4 is 10.1 Å². The van der Waals surface area contributed by atoms with E-state index in [4.69, 9.17) is 9.47 Å². The van der Waals surface area contributed by atoms with Gasteiger partial charge in [-0.2, -0.15) is 0 Å². The molecule has 0 aliphatic heterocycles. The van der Waals surface area contributed by atoms with E-state index < -0.39 is 5.97 Å². The van der Waals surface area contributed by atoms with Crippen molar-refractivity contribution in [3.05, 3.63) is 120 Å². The van der Waals surface area contributed by atoms with Crippen LogP contribution in [0, 0.1) is 0 Å². The molecule has 5 aromatic rings. The highest BCUT2D eigenvalue weighted by Gasteiger charge is 2.14. The predicted octanol–water partition coefficient (Wildman–Crippen LogP) is 6.28. The maximum atomic E-state index is 13.4. The normalized spacial score (nSPS) is 11.3. The summed E-state index contributed by atoms with van der Waals surface area (Å²) in [5.74, 6) is -0.0197. The smallest absolute Gasteiger partial charge is 0.337 e. The molecule has 0 saturated carbocycles. The lowest BCUT2D eigenvalue weighted by atomic mass is 10.1. The van der Waals surface area contributed by atoms with Gasteiger partial charge in [0.25, 0.3) is 5.91 Å². The molecule has 0 bridgehead atoms. The number of nitrogens with zero attached hydrogens (tertiary/aromatic N) is 1. The van der Waals surface area contributed by atoms with Gasteiger partial charge < -0.3 is 14.8 Å². The zero-order valence-electron chi connectivity index (χ0n) is 20.2. The van der Waals surface area contributed by atoms with E-state index >= 15 is 0 Å². The molecule has 0 atom stereocenters. The van der Waals surface area contributed by atoms with Gasteiger partial charge in [0.1, 0.15) is 12.4 Å². The second kappa shape index (κ2) is 10.7. The third-order valence-corrected chi connectivity index (χ3v) is 5.96. The number of ether oxygens (including phenoxy) is 2. The average molecular weight is 489 g/mol. The molecular weight excluding hydrogens is 464 g/mol. The van der Waals surface area contributed by atoms with Crippen LogP contribution in [0.2, 0.25) is 0 Å². The summed E-state index contributed by atoms with van der Waals surface area (Å²) in [6.45, 7) is 0.0493. The van der Waals surface area contributed by atoms with Crippen molar-refractivity contribution in [2.45, 2.75) is 0 Å². The van der Waals surface area contributed by atoms with Crippen LogP contribution in [0.15, 0.2) is 109 Å². The van der Waals surface area contributed by atoms with E-state index in [1.807, 2.05) is 72.8 Å². The van der Waals surface area contributed by atoms with Crippen LogP contribution in [-0.4, -0.2) is 30.6 Å². The van der Waals surface area contributed by atoms with Gasteiger partial charge in [-0.15, -0.1) is 0 Å². The first kappa shape index (κ1) is 23.8. The van der Waals surface area contributed by atoms with Crippen LogP contribution in [0.25, 0.3) is 27.8 Å². The van der Waals surface area contributed by atoms with E-state index in [1.165, 1.54) is 7.11 Å². The van der Waals surface area contributed by atoms with Crippen LogP contribution in [0.3, 0.4) is 0 Å². The first-order chi connectivity index (χ1) is 18.1. The molecule has 182 valence electrons.